The lowest BCUT2D eigenvalue weighted by Crippen LogP contribution is -2.11. The highest BCUT2D eigenvalue weighted by molar-refractivity contribution is 7.97. The van der Waals surface area contributed by atoms with Crippen molar-refractivity contribution in [2.24, 2.45) is 0 Å². The zero-order chi connectivity index (χ0) is 4.24. The quantitative estimate of drug-likeness (QED) is 0.459. The minimum Gasteiger partial charge on any atom is -0.264 e. The Morgan fingerprint density at radius 1 is 1.33 bits per heavy atom. The molecule has 6 heavy (non-hydrogen) atoms. The molecule has 1 nitrogen and oxygen atoms in total. The molecule has 0 aromatic heterocycles. The van der Waals surface area contributed by atoms with Crippen molar-refractivity contribution >= 4 is 11.9 Å². The Morgan fingerprint density at radius 2 is 2.33 bits per heavy atom. The Balaban J connectivity index is 2.00. The first-order valence-electron chi connectivity index (χ1n) is 2.35. The van der Waals surface area contributed by atoms with Crippen molar-refractivity contribution in [3.63, 3.8) is 0 Å². The fourth-order valence-electron chi connectivity index (χ4n) is 0.516. The van der Waals surface area contributed by atoms with Crippen LogP contribution in [0.3, 0.4) is 0 Å². The molecule has 0 bridgehead atoms. The zero-order valence-corrected chi connectivity index (χ0v) is 4.55. The van der Waals surface area contributed by atoms with Crippen LogP contribution in [0.1, 0.15) is 12.8 Å². The van der Waals surface area contributed by atoms with Gasteiger partial charge in [-0.15, -0.1) is 0 Å². The molecule has 36 valence electrons. The molecule has 0 amide bonds. The van der Waals surface area contributed by atoms with Gasteiger partial charge in [-0.1, -0.05) is 11.9 Å². The van der Waals surface area contributed by atoms with E-state index in [1.165, 1.54) is 25.1 Å². The van der Waals surface area contributed by atoms with Crippen molar-refractivity contribution in [3.8, 4) is 0 Å². The van der Waals surface area contributed by atoms with Crippen LogP contribution in [0.15, 0.2) is 0 Å². The Kier molecular flexibility index (Phi) is 1.85. The number of hydrogen-bond donors (Lipinski definition) is 1. The van der Waals surface area contributed by atoms with Gasteiger partial charge in [-0.05, 0) is 12.8 Å². The molecule has 1 fully saturated rings. The molecular formula is C4H9NS. The Bertz CT molecular complexity index is 23.0. The first-order valence-corrected chi connectivity index (χ1v) is 3.33. The van der Waals surface area contributed by atoms with Crippen molar-refractivity contribution < 1.29 is 0 Å². The lowest BCUT2D eigenvalue weighted by Gasteiger charge is -2.07. The molecule has 0 radical (unpaired) electrons. The molecule has 0 saturated carbocycles. The average molecular weight is 103 g/mol. The van der Waals surface area contributed by atoms with E-state index in [4.69, 9.17) is 0 Å². The number of hydrogen-bond acceptors (Lipinski definition) is 2. The molecule has 0 unspecified atom stereocenters. The number of nitrogens with one attached hydrogen (secondary N) is 1. The van der Waals surface area contributed by atoms with E-state index in [1.54, 1.807) is 0 Å². The van der Waals surface area contributed by atoms with Gasteiger partial charge in [-0.3, -0.25) is 4.72 Å². The standard InChI is InChI=1S/C4H9NS/c1-2-4-6-5-3-1/h5H,1-4H2. The predicted molar refractivity (Wildman–Crippen MR) is 29.7 cm³/mol. The maximum Gasteiger partial charge on any atom is 0.00791 e. The molecule has 0 aliphatic carbocycles. The SMILES string of the molecule is C1CCSNC1. The lowest BCUT2D eigenvalue weighted by molar-refractivity contribution is 0.754. The normalized spacial score (nSPS) is 24.0. The molecule has 1 aliphatic rings. The maximum absolute atomic E-state index is 3.20. The van der Waals surface area contributed by atoms with E-state index in [0.29, 0.717) is 0 Å². The second kappa shape index (κ2) is 2.48. The summed E-state index contributed by atoms with van der Waals surface area (Å²) in [5.74, 6) is 1.31. The van der Waals surface area contributed by atoms with Crippen molar-refractivity contribution in [3.05, 3.63) is 0 Å². The Labute approximate surface area is 42.6 Å². The summed E-state index contributed by atoms with van der Waals surface area (Å²) in [7, 11) is 0. The summed E-state index contributed by atoms with van der Waals surface area (Å²) in [6.07, 6.45) is 2.77. The first-order chi connectivity index (χ1) is 3.00. The van der Waals surface area contributed by atoms with Crippen LogP contribution >= 0.6 is 11.9 Å². The maximum atomic E-state index is 3.20. The van der Waals surface area contributed by atoms with Crippen molar-refractivity contribution in [2.45, 2.75) is 12.8 Å². The smallest absolute Gasteiger partial charge is 0.00791 e. The van der Waals surface area contributed by atoms with E-state index >= 15 is 0 Å². The highest BCUT2D eigenvalue weighted by Crippen LogP contribution is 2.04. The van der Waals surface area contributed by atoms with Crippen molar-refractivity contribution in [1.82, 2.24) is 4.72 Å². The van der Waals surface area contributed by atoms with Crippen LogP contribution in [0.25, 0.3) is 0 Å². The van der Waals surface area contributed by atoms with E-state index in [1.807, 2.05) is 11.9 Å². The third kappa shape index (κ3) is 1.19. The highest BCUT2D eigenvalue weighted by atomic mass is 32.2. The van der Waals surface area contributed by atoms with Gasteiger partial charge in [0.1, 0.15) is 0 Å². The lowest BCUT2D eigenvalue weighted by atomic mass is 10.3. The molecule has 1 rings (SSSR count). The summed E-state index contributed by atoms with van der Waals surface area (Å²) in [6, 6.07) is 0. The van der Waals surface area contributed by atoms with Gasteiger partial charge in [-0.2, -0.15) is 0 Å². The molecule has 1 aliphatic heterocycles. The average Bonchev–Trinajstić information content (AvgIpc) is 1.72. The van der Waals surface area contributed by atoms with Crippen LogP contribution in [0.5, 0.6) is 0 Å². The summed E-state index contributed by atoms with van der Waals surface area (Å²) in [5.41, 5.74) is 0. The molecular weight excluding hydrogens is 94.1 g/mol. The largest absolute Gasteiger partial charge is 0.264 e. The fraction of sp³-hybridized carbons (Fsp3) is 1.00. The third-order valence-corrected chi connectivity index (χ3v) is 1.78. The van der Waals surface area contributed by atoms with Crippen LogP contribution in [0.4, 0.5) is 0 Å². The highest BCUT2D eigenvalue weighted by Gasteiger charge is 1.94. The summed E-state index contributed by atoms with van der Waals surface area (Å²) in [6.45, 7) is 1.21. The van der Waals surface area contributed by atoms with E-state index in [0.717, 1.165) is 0 Å². The van der Waals surface area contributed by atoms with Crippen LogP contribution in [0.2, 0.25) is 0 Å². The summed E-state index contributed by atoms with van der Waals surface area (Å²) in [4.78, 5) is 0. The molecule has 0 atom stereocenters. The predicted octanol–water partition coefficient (Wildman–Crippen LogP) is 1.02. The van der Waals surface area contributed by atoms with Gasteiger partial charge in [0.05, 0.1) is 0 Å². The second-order valence-electron chi connectivity index (χ2n) is 1.45. The van der Waals surface area contributed by atoms with Gasteiger partial charge < -0.3 is 0 Å². The van der Waals surface area contributed by atoms with E-state index in [9.17, 15) is 0 Å². The van der Waals surface area contributed by atoms with Gasteiger partial charge in [0, 0.05) is 12.3 Å². The monoisotopic (exact) mass is 103 g/mol. The van der Waals surface area contributed by atoms with E-state index in [-0.39, 0.29) is 0 Å². The molecule has 1 N–H and O–H groups in total. The first kappa shape index (κ1) is 4.47. The van der Waals surface area contributed by atoms with Gasteiger partial charge in [-0.25, -0.2) is 0 Å². The fourth-order valence-corrected chi connectivity index (χ4v) is 1.30. The Morgan fingerprint density at radius 3 is 2.50 bits per heavy atom. The second-order valence-corrected chi connectivity index (χ2v) is 2.44. The Hall–Kier alpha value is 0.310. The molecule has 0 spiro atoms. The van der Waals surface area contributed by atoms with Gasteiger partial charge in [0.15, 0.2) is 0 Å². The van der Waals surface area contributed by atoms with Crippen molar-refractivity contribution in [1.29, 1.82) is 0 Å². The number of rotatable bonds is 0. The molecule has 0 aromatic carbocycles. The molecule has 1 heterocycles. The van der Waals surface area contributed by atoms with Crippen LogP contribution < -0.4 is 4.72 Å². The minimum atomic E-state index is 1.21. The zero-order valence-electron chi connectivity index (χ0n) is 3.74. The van der Waals surface area contributed by atoms with Crippen LogP contribution in [-0.4, -0.2) is 12.3 Å². The van der Waals surface area contributed by atoms with Crippen molar-refractivity contribution in [2.75, 3.05) is 12.3 Å². The third-order valence-electron chi connectivity index (χ3n) is 0.877. The van der Waals surface area contributed by atoms with Gasteiger partial charge in [0.2, 0.25) is 0 Å². The van der Waals surface area contributed by atoms with Crippen LogP contribution in [-0.2, 0) is 0 Å². The molecule has 2 heteroatoms. The topological polar surface area (TPSA) is 12.0 Å². The molecule has 0 aromatic rings. The van der Waals surface area contributed by atoms with Gasteiger partial charge >= 0.3 is 0 Å². The molecule has 1 saturated heterocycles. The summed E-state index contributed by atoms with van der Waals surface area (Å²) < 4.78 is 3.20. The van der Waals surface area contributed by atoms with Crippen LogP contribution in [0, 0.1) is 0 Å². The minimum absolute atomic E-state index is 1.21. The van der Waals surface area contributed by atoms with E-state index in [2.05, 4.69) is 4.72 Å². The summed E-state index contributed by atoms with van der Waals surface area (Å²) in [5, 5.41) is 0. The van der Waals surface area contributed by atoms with E-state index < -0.39 is 0 Å². The van der Waals surface area contributed by atoms with Gasteiger partial charge in [0.25, 0.3) is 0 Å². The summed E-state index contributed by atoms with van der Waals surface area (Å²) >= 11 is 1.84.